The number of anilines is 1. The van der Waals surface area contributed by atoms with Gasteiger partial charge in [-0.3, -0.25) is 9.67 Å². The number of hydrogen-bond donors (Lipinski definition) is 0. The number of fused-ring (bicyclic) bond motifs is 1. The number of benzene rings is 2. The van der Waals surface area contributed by atoms with Crippen LogP contribution in [0.2, 0.25) is 0 Å². The van der Waals surface area contributed by atoms with Crippen LogP contribution in [0, 0.1) is 0 Å². The summed E-state index contributed by atoms with van der Waals surface area (Å²) in [6.45, 7) is 8.22. The quantitative estimate of drug-likeness (QED) is 0.252. The lowest BCUT2D eigenvalue weighted by atomic mass is 10.0. The predicted molar refractivity (Wildman–Crippen MR) is 166 cm³/mol. The maximum Gasteiger partial charge on any atom is 0.410 e. The van der Waals surface area contributed by atoms with E-state index in [1.54, 1.807) is 17.3 Å². The molecule has 1 amide bonds. The van der Waals surface area contributed by atoms with Crippen LogP contribution >= 0.6 is 0 Å². The van der Waals surface area contributed by atoms with Crippen molar-refractivity contribution in [1.82, 2.24) is 29.6 Å². The number of amides is 1. The van der Waals surface area contributed by atoms with Crippen molar-refractivity contribution in [3.8, 4) is 28.1 Å². The first-order valence-electron chi connectivity index (χ1n) is 14.4. The van der Waals surface area contributed by atoms with Crippen LogP contribution in [-0.4, -0.2) is 67.5 Å². The van der Waals surface area contributed by atoms with Gasteiger partial charge >= 0.3 is 6.09 Å². The Morgan fingerprint density at radius 2 is 1.53 bits per heavy atom. The van der Waals surface area contributed by atoms with Crippen LogP contribution in [0.15, 0.2) is 79.3 Å². The number of nitrogens with zero attached hydrogens (tertiary/aromatic N) is 7. The molecule has 0 aliphatic carbocycles. The molecule has 1 saturated heterocycles. The minimum Gasteiger partial charge on any atom is -0.487 e. The summed E-state index contributed by atoms with van der Waals surface area (Å²) in [6, 6.07) is 19.7. The fourth-order valence-electron chi connectivity index (χ4n) is 5.11. The molecule has 0 bridgehead atoms. The monoisotopic (exact) mass is 577 g/mol. The predicted octanol–water partition coefficient (Wildman–Crippen LogP) is 5.73. The molecular formula is C33H35N7O3. The van der Waals surface area contributed by atoms with Crippen molar-refractivity contribution in [3.63, 3.8) is 0 Å². The van der Waals surface area contributed by atoms with Crippen molar-refractivity contribution in [3.05, 3.63) is 84.9 Å². The molecule has 6 rings (SSSR count). The second-order valence-corrected chi connectivity index (χ2v) is 11.6. The number of rotatable bonds is 6. The van der Waals surface area contributed by atoms with Crippen LogP contribution in [0.5, 0.6) is 5.75 Å². The summed E-state index contributed by atoms with van der Waals surface area (Å²) >= 11 is 0. The lowest BCUT2D eigenvalue weighted by Crippen LogP contribution is -2.50. The van der Waals surface area contributed by atoms with E-state index in [0.29, 0.717) is 26.2 Å². The van der Waals surface area contributed by atoms with Gasteiger partial charge in [-0.15, -0.1) is 0 Å². The maximum atomic E-state index is 12.6. The topological polar surface area (TPSA) is 98.5 Å². The van der Waals surface area contributed by atoms with Gasteiger partial charge in [0.15, 0.2) is 5.82 Å². The van der Waals surface area contributed by atoms with Gasteiger partial charge in [0.05, 0.1) is 11.0 Å². The molecule has 0 saturated carbocycles. The number of aromatic nitrogens is 5. The number of carbonyl (C=O) groups excluding carboxylic acids is 1. The van der Waals surface area contributed by atoms with Gasteiger partial charge in [0.2, 0.25) is 0 Å². The molecule has 4 heterocycles. The Morgan fingerprint density at radius 1 is 0.860 bits per heavy atom. The van der Waals surface area contributed by atoms with Crippen LogP contribution in [0.3, 0.4) is 0 Å². The largest absolute Gasteiger partial charge is 0.487 e. The Labute approximate surface area is 250 Å². The van der Waals surface area contributed by atoms with Crippen LogP contribution in [-0.2, 0) is 18.4 Å². The van der Waals surface area contributed by atoms with Gasteiger partial charge in [-0.2, -0.15) is 5.10 Å². The van der Waals surface area contributed by atoms with E-state index in [0.717, 1.165) is 50.7 Å². The molecule has 1 aliphatic rings. The molecule has 1 aliphatic heterocycles. The second kappa shape index (κ2) is 11.7. The molecule has 0 atom stereocenters. The molecule has 10 nitrogen and oxygen atoms in total. The normalized spacial score (nSPS) is 13.8. The highest BCUT2D eigenvalue weighted by Crippen LogP contribution is 2.32. The summed E-state index contributed by atoms with van der Waals surface area (Å²) in [5.74, 6) is 1.50. The highest BCUT2D eigenvalue weighted by atomic mass is 16.6. The third-order valence-corrected chi connectivity index (χ3v) is 7.18. The number of piperazine rings is 1. The van der Waals surface area contributed by atoms with Gasteiger partial charge in [0.25, 0.3) is 0 Å². The minimum atomic E-state index is -0.528. The first-order valence-corrected chi connectivity index (χ1v) is 14.4. The van der Waals surface area contributed by atoms with Crippen molar-refractivity contribution >= 4 is 22.9 Å². The van der Waals surface area contributed by atoms with E-state index in [2.05, 4.69) is 9.88 Å². The average Bonchev–Trinajstić information content (AvgIpc) is 3.41. The van der Waals surface area contributed by atoms with Gasteiger partial charge < -0.3 is 19.3 Å². The zero-order valence-corrected chi connectivity index (χ0v) is 24.9. The Bertz CT molecular complexity index is 1720. The Balaban J connectivity index is 1.19. The van der Waals surface area contributed by atoms with Crippen molar-refractivity contribution in [2.75, 3.05) is 31.1 Å². The molecule has 1 fully saturated rings. The summed E-state index contributed by atoms with van der Waals surface area (Å²) in [5.41, 5.74) is 5.85. The number of carbonyl (C=O) groups is 1. The van der Waals surface area contributed by atoms with Crippen molar-refractivity contribution in [2.24, 2.45) is 7.05 Å². The number of pyridine rings is 1. The lowest BCUT2D eigenvalue weighted by molar-refractivity contribution is 0.0240. The molecule has 0 radical (unpaired) electrons. The third-order valence-electron chi connectivity index (χ3n) is 7.18. The van der Waals surface area contributed by atoms with Crippen LogP contribution in [0.4, 0.5) is 10.6 Å². The van der Waals surface area contributed by atoms with Crippen molar-refractivity contribution in [1.29, 1.82) is 0 Å². The zero-order chi connectivity index (χ0) is 30.0. The molecule has 2 aromatic carbocycles. The van der Waals surface area contributed by atoms with Crippen molar-refractivity contribution in [2.45, 2.75) is 33.0 Å². The molecular weight excluding hydrogens is 542 g/mol. The Kier molecular flexibility index (Phi) is 7.67. The van der Waals surface area contributed by atoms with Gasteiger partial charge in [0.1, 0.15) is 29.3 Å². The number of aryl methyl sites for hydroxylation is 1. The number of ether oxygens (including phenoxy) is 2. The average molecular weight is 578 g/mol. The fourth-order valence-corrected chi connectivity index (χ4v) is 5.11. The second-order valence-electron chi connectivity index (χ2n) is 11.6. The summed E-state index contributed by atoms with van der Waals surface area (Å²) in [6.07, 6.45) is 5.30. The standard InChI is InChI=1S/C33H35N7O3/c1-33(2,3)43-32(41)40-19-17-39(18-20-40)31-29(35-27-7-5-6-8-28(27)36-31)22-42-25-11-9-24(10-12-25)30-26(21-38(4)37-30)23-13-15-34-16-14-23/h5-16,21H,17-20,22H2,1-4H3. The first-order chi connectivity index (χ1) is 20.7. The van der Waals surface area contributed by atoms with Crippen molar-refractivity contribution < 1.29 is 14.3 Å². The smallest absolute Gasteiger partial charge is 0.410 e. The summed E-state index contributed by atoms with van der Waals surface area (Å²) < 4.78 is 13.6. The van der Waals surface area contributed by atoms with Gasteiger partial charge in [-0.25, -0.2) is 14.8 Å². The van der Waals surface area contributed by atoms with E-state index in [9.17, 15) is 4.79 Å². The minimum absolute atomic E-state index is 0.255. The molecule has 0 unspecified atom stereocenters. The molecule has 3 aromatic heterocycles. The number of hydrogen-bond acceptors (Lipinski definition) is 8. The van der Waals surface area contributed by atoms with Crippen LogP contribution in [0.25, 0.3) is 33.4 Å². The van der Waals surface area contributed by atoms with Gasteiger partial charge in [0, 0.05) is 62.9 Å². The zero-order valence-electron chi connectivity index (χ0n) is 24.9. The van der Waals surface area contributed by atoms with Gasteiger partial charge in [-0.1, -0.05) is 12.1 Å². The van der Waals surface area contributed by atoms with E-state index in [1.807, 2.05) is 99.4 Å². The summed E-state index contributed by atoms with van der Waals surface area (Å²) in [7, 11) is 1.92. The maximum absolute atomic E-state index is 12.6. The molecule has 220 valence electrons. The lowest BCUT2D eigenvalue weighted by Gasteiger charge is -2.36. The highest BCUT2D eigenvalue weighted by Gasteiger charge is 2.28. The Hall–Kier alpha value is -4.99. The van der Waals surface area contributed by atoms with Crippen LogP contribution in [0.1, 0.15) is 26.5 Å². The van der Waals surface area contributed by atoms with E-state index in [1.165, 1.54) is 0 Å². The Morgan fingerprint density at radius 3 is 2.21 bits per heavy atom. The molecule has 0 spiro atoms. The molecule has 0 N–H and O–H groups in total. The summed E-state index contributed by atoms with van der Waals surface area (Å²) in [4.78, 5) is 30.5. The fraction of sp³-hybridized carbons (Fsp3) is 0.303. The molecule has 5 aromatic rings. The van der Waals surface area contributed by atoms with E-state index >= 15 is 0 Å². The van der Waals surface area contributed by atoms with Crippen LogP contribution < -0.4 is 9.64 Å². The number of para-hydroxylation sites is 2. The highest BCUT2D eigenvalue weighted by molar-refractivity contribution is 5.80. The molecule has 10 heteroatoms. The van der Waals surface area contributed by atoms with E-state index in [-0.39, 0.29) is 12.7 Å². The third kappa shape index (κ3) is 6.43. The first kappa shape index (κ1) is 28.1. The summed E-state index contributed by atoms with van der Waals surface area (Å²) in [5, 5.41) is 4.71. The van der Waals surface area contributed by atoms with E-state index < -0.39 is 5.60 Å². The SMILES string of the molecule is Cn1cc(-c2ccncc2)c(-c2ccc(OCc3nc4ccccc4nc3N3CCN(C(=O)OC(C)(C)C)CC3)cc2)n1. The van der Waals surface area contributed by atoms with Gasteiger partial charge in [-0.05, 0) is 74.9 Å². The molecule has 43 heavy (non-hydrogen) atoms. The van der Waals surface area contributed by atoms with E-state index in [4.69, 9.17) is 24.5 Å².